The number of hydrogen-bond acceptors (Lipinski definition) is 2. The Bertz CT molecular complexity index is 345. The lowest BCUT2D eigenvalue weighted by molar-refractivity contribution is 0.220. The minimum Gasteiger partial charge on any atom is -0.394 e. The molecule has 0 bridgehead atoms. The van der Waals surface area contributed by atoms with Crippen LogP contribution in [0.1, 0.15) is 49.3 Å². The third-order valence-electron chi connectivity index (χ3n) is 3.79. The van der Waals surface area contributed by atoms with Gasteiger partial charge in [0.05, 0.1) is 12.6 Å². The molecule has 94 valence electrons. The highest BCUT2D eigenvalue weighted by molar-refractivity contribution is 5.28. The second-order valence-electron chi connectivity index (χ2n) is 5.09. The van der Waals surface area contributed by atoms with Gasteiger partial charge in [-0.2, -0.15) is 0 Å². The van der Waals surface area contributed by atoms with Gasteiger partial charge in [-0.05, 0) is 30.9 Å². The average Bonchev–Trinajstić information content (AvgIpc) is 2.38. The van der Waals surface area contributed by atoms with E-state index in [1.165, 1.54) is 43.2 Å². The molecule has 2 heteroatoms. The van der Waals surface area contributed by atoms with Gasteiger partial charge in [-0.3, -0.25) is 0 Å². The Morgan fingerprint density at radius 1 is 1.24 bits per heavy atom. The Kier molecular flexibility index (Phi) is 4.57. The molecule has 2 nitrogen and oxygen atoms in total. The molecule has 0 saturated heterocycles. The first-order valence-electron chi connectivity index (χ1n) is 6.73. The van der Waals surface area contributed by atoms with Gasteiger partial charge >= 0.3 is 0 Å². The van der Waals surface area contributed by atoms with Crippen LogP contribution >= 0.6 is 0 Å². The summed E-state index contributed by atoms with van der Waals surface area (Å²) < 4.78 is 0. The molecular formula is C15H23NO. The lowest BCUT2D eigenvalue weighted by atomic mass is 9.93. The second kappa shape index (κ2) is 6.18. The Morgan fingerprint density at radius 2 is 1.94 bits per heavy atom. The smallest absolute Gasteiger partial charge is 0.0626 e. The minimum atomic E-state index is 0.0966. The molecule has 2 N–H and O–H groups in total. The van der Waals surface area contributed by atoms with Crippen LogP contribution in [0, 0.1) is 6.92 Å². The molecule has 0 aromatic heterocycles. The molecule has 0 spiro atoms. The van der Waals surface area contributed by atoms with E-state index in [2.05, 4.69) is 24.4 Å². The van der Waals surface area contributed by atoms with E-state index in [0.717, 1.165) is 0 Å². The van der Waals surface area contributed by atoms with Crippen LogP contribution in [0.3, 0.4) is 0 Å². The van der Waals surface area contributed by atoms with E-state index in [1.54, 1.807) is 0 Å². The first kappa shape index (κ1) is 12.6. The van der Waals surface area contributed by atoms with Gasteiger partial charge in [0, 0.05) is 6.04 Å². The van der Waals surface area contributed by atoms with Gasteiger partial charge in [-0.25, -0.2) is 0 Å². The van der Waals surface area contributed by atoms with Crippen LogP contribution in [0.5, 0.6) is 0 Å². The van der Waals surface area contributed by atoms with Gasteiger partial charge in [0.15, 0.2) is 0 Å². The van der Waals surface area contributed by atoms with E-state index in [9.17, 15) is 5.11 Å². The number of nitrogens with one attached hydrogen (secondary N) is 1. The van der Waals surface area contributed by atoms with E-state index < -0.39 is 0 Å². The molecular weight excluding hydrogens is 210 g/mol. The van der Waals surface area contributed by atoms with Crippen molar-refractivity contribution in [2.24, 2.45) is 0 Å². The third-order valence-corrected chi connectivity index (χ3v) is 3.79. The lowest BCUT2D eigenvalue weighted by Crippen LogP contribution is -2.36. The van der Waals surface area contributed by atoms with Crippen molar-refractivity contribution in [2.45, 2.75) is 51.1 Å². The molecule has 0 radical (unpaired) electrons. The average molecular weight is 233 g/mol. The minimum absolute atomic E-state index is 0.0966. The molecule has 2 rings (SSSR count). The van der Waals surface area contributed by atoms with Crippen LogP contribution in [0.15, 0.2) is 24.3 Å². The summed E-state index contributed by atoms with van der Waals surface area (Å²) in [6.45, 7) is 2.29. The van der Waals surface area contributed by atoms with Gasteiger partial charge in [-0.1, -0.05) is 43.5 Å². The maximum atomic E-state index is 9.57. The number of aliphatic hydroxyl groups is 1. The van der Waals surface area contributed by atoms with Crippen LogP contribution < -0.4 is 5.32 Å². The molecule has 1 aliphatic carbocycles. The van der Waals surface area contributed by atoms with Gasteiger partial charge in [0.25, 0.3) is 0 Å². The van der Waals surface area contributed by atoms with Gasteiger partial charge in [0.1, 0.15) is 0 Å². The summed E-state index contributed by atoms with van der Waals surface area (Å²) in [7, 11) is 0. The van der Waals surface area contributed by atoms with E-state index in [4.69, 9.17) is 0 Å². The summed E-state index contributed by atoms with van der Waals surface area (Å²) in [6.07, 6.45) is 6.52. The van der Waals surface area contributed by atoms with Crippen molar-refractivity contribution in [3.63, 3.8) is 0 Å². The highest BCUT2D eigenvalue weighted by Gasteiger charge is 2.19. The largest absolute Gasteiger partial charge is 0.394 e. The molecule has 1 aliphatic rings. The highest BCUT2D eigenvalue weighted by Crippen LogP contribution is 2.23. The molecule has 0 aliphatic heterocycles. The first-order chi connectivity index (χ1) is 8.31. The zero-order chi connectivity index (χ0) is 12.1. The fourth-order valence-electron chi connectivity index (χ4n) is 2.77. The SMILES string of the molecule is Cc1ccccc1C(CO)NC1CCCCC1. The van der Waals surface area contributed by atoms with Gasteiger partial charge in [-0.15, -0.1) is 0 Å². The monoisotopic (exact) mass is 233 g/mol. The summed E-state index contributed by atoms with van der Waals surface area (Å²) >= 11 is 0. The van der Waals surface area contributed by atoms with Crippen LogP contribution in [-0.4, -0.2) is 17.8 Å². The van der Waals surface area contributed by atoms with Crippen LogP contribution in [-0.2, 0) is 0 Å². The summed E-state index contributed by atoms with van der Waals surface area (Å²) in [5, 5.41) is 13.2. The van der Waals surface area contributed by atoms with Gasteiger partial charge in [0.2, 0.25) is 0 Å². The zero-order valence-electron chi connectivity index (χ0n) is 10.7. The topological polar surface area (TPSA) is 32.3 Å². The van der Waals surface area contributed by atoms with Crippen LogP contribution in [0.25, 0.3) is 0 Å². The summed E-state index contributed by atoms with van der Waals surface area (Å²) in [6, 6.07) is 9.01. The predicted octanol–water partition coefficient (Wildman–Crippen LogP) is 2.95. The van der Waals surface area contributed by atoms with Crippen molar-refractivity contribution < 1.29 is 5.11 Å². The predicted molar refractivity (Wildman–Crippen MR) is 71.0 cm³/mol. The summed E-state index contributed by atoms with van der Waals surface area (Å²) in [4.78, 5) is 0. The molecule has 1 fully saturated rings. The molecule has 17 heavy (non-hydrogen) atoms. The molecule has 1 saturated carbocycles. The van der Waals surface area contributed by atoms with Crippen molar-refractivity contribution in [1.82, 2.24) is 5.32 Å². The standard InChI is InChI=1S/C15H23NO/c1-12-7-5-6-10-14(12)15(11-17)16-13-8-3-2-4-9-13/h5-7,10,13,15-17H,2-4,8-9,11H2,1H3. The quantitative estimate of drug-likeness (QED) is 0.838. The number of benzene rings is 1. The van der Waals surface area contributed by atoms with Crippen molar-refractivity contribution in [3.05, 3.63) is 35.4 Å². The molecule has 0 heterocycles. The zero-order valence-corrected chi connectivity index (χ0v) is 10.7. The van der Waals surface area contributed by atoms with E-state index in [0.29, 0.717) is 6.04 Å². The maximum absolute atomic E-state index is 9.57. The Balaban J connectivity index is 2.03. The van der Waals surface area contributed by atoms with E-state index in [-0.39, 0.29) is 12.6 Å². The number of aliphatic hydroxyl groups excluding tert-OH is 1. The molecule has 1 atom stereocenters. The Hall–Kier alpha value is -0.860. The van der Waals surface area contributed by atoms with Crippen LogP contribution in [0.2, 0.25) is 0 Å². The Morgan fingerprint density at radius 3 is 2.59 bits per heavy atom. The fraction of sp³-hybridized carbons (Fsp3) is 0.600. The molecule has 1 unspecified atom stereocenters. The van der Waals surface area contributed by atoms with E-state index in [1.807, 2.05) is 12.1 Å². The number of hydrogen-bond donors (Lipinski definition) is 2. The first-order valence-corrected chi connectivity index (χ1v) is 6.73. The van der Waals surface area contributed by atoms with Crippen molar-refractivity contribution >= 4 is 0 Å². The van der Waals surface area contributed by atoms with E-state index >= 15 is 0 Å². The summed E-state index contributed by atoms with van der Waals surface area (Å²) in [5.74, 6) is 0. The molecule has 1 aromatic rings. The fourth-order valence-corrected chi connectivity index (χ4v) is 2.77. The van der Waals surface area contributed by atoms with Gasteiger partial charge < -0.3 is 10.4 Å². The number of aryl methyl sites for hydroxylation is 1. The van der Waals surface area contributed by atoms with Crippen molar-refractivity contribution in [2.75, 3.05) is 6.61 Å². The molecule has 0 amide bonds. The second-order valence-corrected chi connectivity index (χ2v) is 5.09. The number of rotatable bonds is 4. The lowest BCUT2D eigenvalue weighted by Gasteiger charge is -2.28. The summed E-state index contributed by atoms with van der Waals surface area (Å²) in [5.41, 5.74) is 2.50. The highest BCUT2D eigenvalue weighted by atomic mass is 16.3. The van der Waals surface area contributed by atoms with Crippen molar-refractivity contribution in [3.8, 4) is 0 Å². The normalized spacial score (nSPS) is 19.2. The van der Waals surface area contributed by atoms with Crippen molar-refractivity contribution in [1.29, 1.82) is 0 Å². The third kappa shape index (κ3) is 3.30. The molecule has 1 aromatic carbocycles. The van der Waals surface area contributed by atoms with Crippen LogP contribution in [0.4, 0.5) is 0 Å². The maximum Gasteiger partial charge on any atom is 0.0626 e. The Labute approximate surface area is 104 Å².